The summed E-state index contributed by atoms with van der Waals surface area (Å²) in [7, 11) is 0. The van der Waals surface area contributed by atoms with Crippen molar-refractivity contribution in [1.82, 2.24) is 20.3 Å². The van der Waals surface area contributed by atoms with Gasteiger partial charge in [-0.2, -0.15) is 15.0 Å². The maximum atomic E-state index is 12.4. The molecule has 0 fully saturated rings. The van der Waals surface area contributed by atoms with Crippen molar-refractivity contribution in [3.8, 4) is 17.2 Å². The smallest absolute Gasteiger partial charge is 0.264 e. The molecule has 9 heteroatoms. The van der Waals surface area contributed by atoms with Crippen molar-refractivity contribution in [1.29, 1.82) is 0 Å². The molecule has 1 amide bonds. The highest BCUT2D eigenvalue weighted by Gasteiger charge is 2.28. The molecule has 0 unspecified atom stereocenters. The summed E-state index contributed by atoms with van der Waals surface area (Å²) in [5, 5.41) is 15.5. The van der Waals surface area contributed by atoms with Gasteiger partial charge in [0.05, 0.1) is 24.1 Å². The Kier molecular flexibility index (Phi) is 4.76. The summed E-state index contributed by atoms with van der Waals surface area (Å²) in [6.45, 7) is 0.507. The van der Waals surface area contributed by atoms with Crippen molar-refractivity contribution in [2.75, 3.05) is 6.79 Å². The van der Waals surface area contributed by atoms with Crippen LogP contribution in [0.3, 0.4) is 0 Å². The number of aromatic nitrogens is 3. The predicted octanol–water partition coefficient (Wildman–Crippen LogP) is 2.00. The van der Waals surface area contributed by atoms with Crippen molar-refractivity contribution in [3.63, 3.8) is 0 Å². The predicted molar refractivity (Wildman–Crippen MR) is 106 cm³/mol. The zero-order chi connectivity index (χ0) is 20.3. The third-order valence-corrected chi connectivity index (χ3v) is 4.84. The van der Waals surface area contributed by atoms with Gasteiger partial charge >= 0.3 is 0 Å². The second kappa shape index (κ2) is 7.86. The van der Waals surface area contributed by atoms with Crippen LogP contribution in [0.15, 0.2) is 59.9 Å². The van der Waals surface area contributed by atoms with Gasteiger partial charge in [-0.3, -0.25) is 4.79 Å². The van der Waals surface area contributed by atoms with Crippen molar-refractivity contribution in [3.05, 3.63) is 66.0 Å². The number of rotatable bonds is 6. The number of hydrogen-bond acceptors (Lipinski definition) is 7. The van der Waals surface area contributed by atoms with Gasteiger partial charge in [-0.05, 0) is 29.8 Å². The molecule has 5 rings (SSSR count). The van der Waals surface area contributed by atoms with Crippen molar-refractivity contribution in [2.24, 2.45) is 5.16 Å². The van der Waals surface area contributed by atoms with E-state index < -0.39 is 6.10 Å². The fraction of sp³-hybridized carbons (Fsp3) is 0.238. The van der Waals surface area contributed by atoms with E-state index in [9.17, 15) is 4.79 Å². The number of ether oxygens (including phenoxy) is 2. The number of carbonyl (C=O) groups is 1. The van der Waals surface area contributed by atoms with Gasteiger partial charge in [0.1, 0.15) is 5.69 Å². The standard InChI is InChI=1S/C21H19N5O4/c27-21(22-11-16-12-23-26(24-16)17-4-2-1-3-5-17)20-10-15(25-30-20)8-14-6-7-18-19(9-14)29-13-28-18/h1-7,9,12,20H,8,10-11,13H2,(H,22,27)/t20-/m0/s1. The van der Waals surface area contributed by atoms with E-state index in [2.05, 4.69) is 20.7 Å². The van der Waals surface area contributed by atoms with Crippen LogP contribution in [0.25, 0.3) is 5.69 Å². The van der Waals surface area contributed by atoms with E-state index in [-0.39, 0.29) is 19.2 Å². The Morgan fingerprint density at radius 2 is 2.00 bits per heavy atom. The average molecular weight is 405 g/mol. The number of amides is 1. The number of para-hydroxylation sites is 1. The number of nitrogens with one attached hydrogen (secondary N) is 1. The Labute approximate surface area is 172 Å². The summed E-state index contributed by atoms with van der Waals surface area (Å²) in [5.74, 6) is 1.24. The maximum Gasteiger partial charge on any atom is 0.264 e. The first-order valence-electron chi connectivity index (χ1n) is 9.59. The van der Waals surface area contributed by atoms with Crippen LogP contribution in [0.1, 0.15) is 17.7 Å². The quantitative estimate of drug-likeness (QED) is 0.673. The van der Waals surface area contributed by atoms with E-state index >= 15 is 0 Å². The number of benzene rings is 2. The lowest BCUT2D eigenvalue weighted by Crippen LogP contribution is -2.34. The molecule has 3 aromatic rings. The van der Waals surface area contributed by atoms with Crippen molar-refractivity contribution >= 4 is 11.6 Å². The maximum absolute atomic E-state index is 12.4. The second-order valence-electron chi connectivity index (χ2n) is 7.00. The Balaban J connectivity index is 1.13. The molecule has 1 N–H and O–H groups in total. The van der Waals surface area contributed by atoms with Gasteiger partial charge in [-0.15, -0.1) is 0 Å². The van der Waals surface area contributed by atoms with Crippen LogP contribution in [0.2, 0.25) is 0 Å². The van der Waals surface area contributed by atoms with Crippen LogP contribution in [-0.4, -0.2) is 39.5 Å². The summed E-state index contributed by atoms with van der Waals surface area (Å²) in [6, 6.07) is 15.3. The lowest BCUT2D eigenvalue weighted by molar-refractivity contribution is -0.131. The van der Waals surface area contributed by atoms with E-state index in [1.54, 1.807) is 6.20 Å². The molecule has 0 radical (unpaired) electrons. The number of nitrogens with zero attached hydrogens (tertiary/aromatic N) is 4. The van der Waals surface area contributed by atoms with Crippen LogP contribution >= 0.6 is 0 Å². The van der Waals surface area contributed by atoms with E-state index in [1.165, 1.54) is 4.80 Å². The zero-order valence-corrected chi connectivity index (χ0v) is 16.0. The fourth-order valence-electron chi connectivity index (χ4n) is 3.31. The summed E-state index contributed by atoms with van der Waals surface area (Å²) in [5.41, 5.74) is 3.35. The van der Waals surface area contributed by atoms with Gasteiger partial charge in [-0.25, -0.2) is 0 Å². The number of fused-ring (bicyclic) bond motifs is 1. The Hall–Kier alpha value is -3.88. The highest BCUT2D eigenvalue weighted by Crippen LogP contribution is 2.33. The SMILES string of the molecule is O=C(NCc1cnn(-c2ccccc2)n1)[C@@H]1CC(Cc2ccc3c(c2)OCO3)=NO1. The fourth-order valence-corrected chi connectivity index (χ4v) is 3.31. The molecule has 2 aliphatic heterocycles. The summed E-state index contributed by atoms with van der Waals surface area (Å²) >= 11 is 0. The highest BCUT2D eigenvalue weighted by atomic mass is 16.7. The van der Waals surface area contributed by atoms with E-state index in [0.717, 1.165) is 28.5 Å². The van der Waals surface area contributed by atoms with Gasteiger partial charge in [0.2, 0.25) is 12.9 Å². The molecule has 0 spiro atoms. The summed E-state index contributed by atoms with van der Waals surface area (Å²) < 4.78 is 10.7. The normalized spacial score (nSPS) is 16.8. The van der Waals surface area contributed by atoms with Crippen LogP contribution in [0.4, 0.5) is 0 Å². The Morgan fingerprint density at radius 1 is 1.13 bits per heavy atom. The molecule has 0 saturated heterocycles. The summed E-state index contributed by atoms with van der Waals surface area (Å²) in [6.07, 6.45) is 2.02. The molecule has 9 nitrogen and oxygen atoms in total. The first kappa shape index (κ1) is 18.2. The van der Waals surface area contributed by atoms with Crippen LogP contribution in [-0.2, 0) is 22.6 Å². The molecule has 2 aromatic carbocycles. The minimum atomic E-state index is -0.641. The molecule has 0 aliphatic carbocycles. The molecule has 0 saturated carbocycles. The van der Waals surface area contributed by atoms with E-state index in [0.29, 0.717) is 18.5 Å². The molecule has 0 bridgehead atoms. The lowest BCUT2D eigenvalue weighted by Gasteiger charge is -2.08. The van der Waals surface area contributed by atoms with E-state index in [4.69, 9.17) is 14.3 Å². The molecule has 30 heavy (non-hydrogen) atoms. The first-order chi connectivity index (χ1) is 14.7. The van der Waals surface area contributed by atoms with Crippen LogP contribution in [0, 0.1) is 0 Å². The van der Waals surface area contributed by atoms with Crippen LogP contribution in [0.5, 0.6) is 11.5 Å². The first-order valence-corrected chi connectivity index (χ1v) is 9.59. The van der Waals surface area contributed by atoms with Crippen LogP contribution < -0.4 is 14.8 Å². The largest absolute Gasteiger partial charge is 0.454 e. The molecular formula is C21H19N5O4. The lowest BCUT2D eigenvalue weighted by atomic mass is 10.0. The number of hydrogen-bond donors (Lipinski definition) is 1. The number of carbonyl (C=O) groups excluding carboxylic acids is 1. The Bertz CT molecular complexity index is 1100. The summed E-state index contributed by atoms with van der Waals surface area (Å²) in [4.78, 5) is 19.3. The van der Waals surface area contributed by atoms with Gasteiger partial charge in [-0.1, -0.05) is 29.4 Å². The monoisotopic (exact) mass is 405 g/mol. The number of oxime groups is 1. The minimum Gasteiger partial charge on any atom is -0.454 e. The third kappa shape index (κ3) is 3.82. The molecule has 2 aliphatic rings. The van der Waals surface area contributed by atoms with Crippen molar-refractivity contribution in [2.45, 2.75) is 25.5 Å². The molecule has 1 atom stereocenters. The van der Waals surface area contributed by atoms with Gasteiger partial charge < -0.3 is 19.6 Å². The molecule has 152 valence electrons. The average Bonchev–Trinajstić information content (AvgIpc) is 3.53. The Morgan fingerprint density at radius 3 is 2.90 bits per heavy atom. The van der Waals surface area contributed by atoms with Crippen molar-refractivity contribution < 1.29 is 19.1 Å². The minimum absolute atomic E-state index is 0.228. The molecular weight excluding hydrogens is 386 g/mol. The topological polar surface area (TPSA) is 99.9 Å². The van der Waals surface area contributed by atoms with E-state index in [1.807, 2.05) is 48.5 Å². The zero-order valence-electron chi connectivity index (χ0n) is 16.0. The van der Waals surface area contributed by atoms with Gasteiger partial charge in [0.15, 0.2) is 11.5 Å². The molecule has 1 aromatic heterocycles. The van der Waals surface area contributed by atoms with Gasteiger partial charge in [0, 0.05) is 12.8 Å². The third-order valence-electron chi connectivity index (χ3n) is 4.84. The van der Waals surface area contributed by atoms with Gasteiger partial charge in [0.25, 0.3) is 5.91 Å². The molecule has 3 heterocycles. The second-order valence-corrected chi connectivity index (χ2v) is 7.00. The highest BCUT2D eigenvalue weighted by molar-refractivity contribution is 5.94.